The molecule has 0 saturated heterocycles. The second-order valence-corrected chi connectivity index (χ2v) is 5.72. The van der Waals surface area contributed by atoms with Gasteiger partial charge < -0.3 is 19.9 Å². The molecule has 7 nitrogen and oxygen atoms in total. The van der Waals surface area contributed by atoms with E-state index in [4.69, 9.17) is 15.2 Å². The number of rotatable bonds is 6. The third-order valence-electron chi connectivity index (χ3n) is 4.19. The molecular formula is C18H18F2N4O3. The van der Waals surface area contributed by atoms with Gasteiger partial charge in [-0.1, -0.05) is 13.0 Å². The fraction of sp³-hybridized carbons (Fsp3) is 0.333. The predicted octanol–water partition coefficient (Wildman–Crippen LogP) is 3.19. The van der Waals surface area contributed by atoms with Crippen LogP contribution in [-0.4, -0.2) is 23.4 Å². The Kier molecular flexibility index (Phi) is 5.16. The number of H-pyrrole nitrogens is 1. The van der Waals surface area contributed by atoms with Crippen molar-refractivity contribution in [1.29, 1.82) is 5.26 Å². The van der Waals surface area contributed by atoms with Crippen molar-refractivity contribution in [1.82, 2.24) is 10.2 Å². The molecule has 0 fully saturated rings. The zero-order valence-electron chi connectivity index (χ0n) is 14.8. The summed E-state index contributed by atoms with van der Waals surface area (Å²) in [5.41, 5.74) is 8.22. The summed E-state index contributed by atoms with van der Waals surface area (Å²) in [7, 11) is 0. The van der Waals surface area contributed by atoms with E-state index in [2.05, 4.69) is 21.0 Å². The zero-order chi connectivity index (χ0) is 19.6. The number of fused-ring (bicyclic) bond motifs is 1. The molecule has 3 N–H and O–H groups in total. The average molecular weight is 376 g/mol. The molecule has 1 aromatic carbocycles. The second kappa shape index (κ2) is 7.53. The summed E-state index contributed by atoms with van der Waals surface area (Å²) >= 11 is 0. The highest BCUT2D eigenvalue weighted by molar-refractivity contribution is 5.57. The largest absolute Gasteiger partial charge is 0.490 e. The Morgan fingerprint density at radius 2 is 2.15 bits per heavy atom. The van der Waals surface area contributed by atoms with Crippen molar-refractivity contribution >= 4 is 0 Å². The van der Waals surface area contributed by atoms with Crippen molar-refractivity contribution in [2.75, 3.05) is 6.61 Å². The lowest BCUT2D eigenvalue weighted by Crippen LogP contribution is -2.21. The van der Waals surface area contributed by atoms with Gasteiger partial charge in [-0.2, -0.15) is 14.0 Å². The maximum Gasteiger partial charge on any atom is 0.387 e. The number of nitrogens with zero attached hydrogens (tertiary/aromatic N) is 2. The molecule has 2 heterocycles. The van der Waals surface area contributed by atoms with Crippen molar-refractivity contribution in [2.24, 2.45) is 5.73 Å². The smallest absolute Gasteiger partial charge is 0.387 e. The number of allylic oxidation sites excluding steroid dienone is 1. The molecule has 0 radical (unpaired) electrons. The molecule has 3 rings (SSSR count). The first-order valence-corrected chi connectivity index (χ1v) is 8.36. The molecule has 0 spiro atoms. The lowest BCUT2D eigenvalue weighted by Gasteiger charge is -2.24. The number of aromatic amines is 1. The second-order valence-electron chi connectivity index (χ2n) is 5.72. The Balaban J connectivity index is 2.15. The van der Waals surface area contributed by atoms with Crippen LogP contribution in [0, 0.1) is 11.3 Å². The normalized spacial score (nSPS) is 15.9. The van der Waals surface area contributed by atoms with Gasteiger partial charge in [0.05, 0.1) is 12.5 Å². The Morgan fingerprint density at radius 3 is 2.78 bits per heavy atom. The van der Waals surface area contributed by atoms with E-state index in [1.54, 1.807) is 19.1 Å². The molecule has 0 amide bonds. The number of aryl methyl sites for hydroxylation is 1. The zero-order valence-corrected chi connectivity index (χ0v) is 14.8. The van der Waals surface area contributed by atoms with E-state index in [0.717, 1.165) is 5.69 Å². The summed E-state index contributed by atoms with van der Waals surface area (Å²) in [5, 5.41) is 16.6. The van der Waals surface area contributed by atoms with Crippen molar-refractivity contribution < 1.29 is 23.0 Å². The summed E-state index contributed by atoms with van der Waals surface area (Å²) in [5.74, 6) is -0.247. The van der Waals surface area contributed by atoms with Gasteiger partial charge >= 0.3 is 6.61 Å². The Hall–Kier alpha value is -3.28. The number of nitrogens with one attached hydrogen (secondary N) is 1. The van der Waals surface area contributed by atoms with E-state index in [1.165, 1.54) is 6.07 Å². The molecule has 1 atom stereocenters. The lowest BCUT2D eigenvalue weighted by atomic mass is 9.83. The quantitative estimate of drug-likeness (QED) is 0.802. The maximum absolute atomic E-state index is 12.6. The van der Waals surface area contributed by atoms with Crippen molar-refractivity contribution in [3.05, 3.63) is 46.5 Å². The number of nitriles is 1. The van der Waals surface area contributed by atoms with E-state index in [9.17, 15) is 14.0 Å². The maximum atomic E-state index is 12.6. The molecule has 0 aliphatic carbocycles. The molecule has 1 aliphatic heterocycles. The van der Waals surface area contributed by atoms with Crippen LogP contribution < -0.4 is 19.9 Å². The molecule has 142 valence electrons. The summed E-state index contributed by atoms with van der Waals surface area (Å²) in [4.78, 5) is 0. The average Bonchev–Trinajstić information content (AvgIpc) is 3.04. The molecule has 1 unspecified atom stereocenters. The van der Waals surface area contributed by atoms with Crippen LogP contribution in [0.25, 0.3) is 0 Å². The molecular weight excluding hydrogens is 358 g/mol. The van der Waals surface area contributed by atoms with Gasteiger partial charge in [-0.15, -0.1) is 5.10 Å². The van der Waals surface area contributed by atoms with Gasteiger partial charge in [-0.05, 0) is 31.0 Å². The molecule has 0 saturated carbocycles. The standard InChI is InChI=1S/C18H18F2N4O3/c1-3-11-15-14(10(8-21)16(22)27-17(15)24-23-11)9-5-6-12(26-18(19)20)13(7-9)25-4-2/h5-7,14,18H,3-4,22H2,1-2H3,(H,23,24). The summed E-state index contributed by atoms with van der Waals surface area (Å²) in [6.07, 6.45) is 0.631. The minimum absolute atomic E-state index is 0.0463. The van der Waals surface area contributed by atoms with Crippen LogP contribution >= 0.6 is 0 Å². The monoisotopic (exact) mass is 376 g/mol. The van der Waals surface area contributed by atoms with Crippen LogP contribution in [0.2, 0.25) is 0 Å². The van der Waals surface area contributed by atoms with Gasteiger partial charge in [0.2, 0.25) is 11.8 Å². The number of hydrogen-bond donors (Lipinski definition) is 2. The van der Waals surface area contributed by atoms with E-state index >= 15 is 0 Å². The number of hydrogen-bond acceptors (Lipinski definition) is 6. The highest BCUT2D eigenvalue weighted by atomic mass is 19.3. The van der Waals surface area contributed by atoms with Gasteiger partial charge in [0.15, 0.2) is 11.5 Å². The number of halogens is 2. The topological polar surface area (TPSA) is 106 Å². The fourth-order valence-corrected chi connectivity index (χ4v) is 3.08. The third kappa shape index (κ3) is 3.38. The first-order chi connectivity index (χ1) is 13.0. The minimum Gasteiger partial charge on any atom is -0.490 e. The van der Waals surface area contributed by atoms with Crippen LogP contribution in [0.3, 0.4) is 0 Å². The van der Waals surface area contributed by atoms with Crippen LogP contribution in [0.1, 0.15) is 36.6 Å². The van der Waals surface area contributed by atoms with Gasteiger partial charge in [0.25, 0.3) is 0 Å². The molecule has 0 bridgehead atoms. The predicted molar refractivity (Wildman–Crippen MR) is 91.5 cm³/mol. The molecule has 1 aromatic heterocycles. The first-order valence-electron chi connectivity index (χ1n) is 8.36. The summed E-state index contributed by atoms with van der Waals surface area (Å²) in [6.45, 7) is 0.950. The van der Waals surface area contributed by atoms with Gasteiger partial charge in [-0.3, -0.25) is 5.10 Å². The van der Waals surface area contributed by atoms with Crippen LogP contribution in [0.15, 0.2) is 29.7 Å². The Labute approximate surface area is 154 Å². The Bertz CT molecular complexity index is 918. The van der Waals surface area contributed by atoms with Gasteiger partial charge in [-0.25, -0.2) is 0 Å². The van der Waals surface area contributed by atoms with Gasteiger partial charge in [0, 0.05) is 11.3 Å². The number of alkyl halides is 2. The van der Waals surface area contributed by atoms with E-state index in [-0.39, 0.29) is 29.6 Å². The lowest BCUT2D eigenvalue weighted by molar-refractivity contribution is -0.0514. The van der Waals surface area contributed by atoms with E-state index in [1.807, 2.05) is 6.92 Å². The van der Waals surface area contributed by atoms with Crippen LogP contribution in [-0.2, 0) is 6.42 Å². The fourth-order valence-electron chi connectivity index (χ4n) is 3.08. The number of nitrogens with two attached hydrogens (primary N) is 1. The van der Waals surface area contributed by atoms with Crippen LogP contribution in [0.5, 0.6) is 17.4 Å². The molecule has 27 heavy (non-hydrogen) atoms. The van der Waals surface area contributed by atoms with Crippen molar-refractivity contribution in [2.45, 2.75) is 32.8 Å². The van der Waals surface area contributed by atoms with Crippen LogP contribution in [0.4, 0.5) is 8.78 Å². The molecule has 9 heteroatoms. The third-order valence-corrected chi connectivity index (χ3v) is 4.19. The number of benzene rings is 1. The van der Waals surface area contributed by atoms with Gasteiger partial charge in [0.1, 0.15) is 11.6 Å². The summed E-state index contributed by atoms with van der Waals surface area (Å²) in [6, 6.07) is 6.63. The minimum atomic E-state index is -2.98. The van der Waals surface area contributed by atoms with Crippen molar-refractivity contribution in [3.8, 4) is 23.4 Å². The highest BCUT2D eigenvalue weighted by Gasteiger charge is 2.35. The highest BCUT2D eigenvalue weighted by Crippen LogP contribution is 2.44. The first kappa shape index (κ1) is 18.5. The van der Waals surface area contributed by atoms with Crippen molar-refractivity contribution in [3.63, 3.8) is 0 Å². The van der Waals surface area contributed by atoms with E-state index < -0.39 is 12.5 Å². The Morgan fingerprint density at radius 1 is 1.37 bits per heavy atom. The number of aromatic nitrogens is 2. The summed E-state index contributed by atoms with van der Waals surface area (Å²) < 4.78 is 40.7. The van der Waals surface area contributed by atoms with E-state index in [0.29, 0.717) is 23.4 Å². The number of ether oxygens (including phenoxy) is 3. The molecule has 1 aliphatic rings. The molecule has 2 aromatic rings. The SMILES string of the molecule is CCOc1cc(C2C(C#N)=C(N)Oc3n[nH]c(CC)c32)ccc1OC(F)F.